The highest BCUT2D eigenvalue weighted by Gasteiger charge is 2.34. The molecule has 0 N–H and O–H groups in total. The van der Waals surface area contributed by atoms with Crippen molar-refractivity contribution in [2.24, 2.45) is 7.05 Å². The van der Waals surface area contributed by atoms with Crippen LogP contribution in [0.25, 0.3) is 10.6 Å². The summed E-state index contributed by atoms with van der Waals surface area (Å²) in [5.74, 6) is 0. The summed E-state index contributed by atoms with van der Waals surface area (Å²) in [5, 5.41) is 5.55. The Morgan fingerprint density at radius 3 is 3.14 bits per heavy atom. The van der Waals surface area contributed by atoms with Crippen LogP contribution >= 0.6 is 11.3 Å². The third-order valence-corrected chi connectivity index (χ3v) is 5.67. The van der Waals surface area contributed by atoms with Crippen molar-refractivity contribution in [3.8, 4) is 10.6 Å². The Kier molecular flexibility index (Phi) is 2.37. The van der Waals surface area contributed by atoms with E-state index in [1.807, 2.05) is 17.9 Å². The first-order valence-electron chi connectivity index (χ1n) is 7.40. The van der Waals surface area contributed by atoms with E-state index in [1.165, 1.54) is 27.5 Å². The fourth-order valence-electron chi connectivity index (χ4n) is 3.49. The minimum Gasteiger partial charge on any atom is -0.366 e. The highest BCUT2D eigenvalue weighted by molar-refractivity contribution is 7.19. The van der Waals surface area contributed by atoms with Gasteiger partial charge in [0.2, 0.25) is 0 Å². The van der Waals surface area contributed by atoms with Crippen molar-refractivity contribution in [3.05, 3.63) is 29.2 Å². The second-order valence-corrected chi connectivity index (χ2v) is 6.86. The summed E-state index contributed by atoms with van der Waals surface area (Å²) in [4.78, 5) is 8.57. The summed E-state index contributed by atoms with van der Waals surface area (Å²) >= 11 is 1.80. The molecule has 2 aliphatic heterocycles. The Balaban J connectivity index is 1.62. The summed E-state index contributed by atoms with van der Waals surface area (Å²) < 4.78 is 7.62. The van der Waals surface area contributed by atoms with Crippen molar-refractivity contribution >= 4 is 16.5 Å². The van der Waals surface area contributed by atoms with Crippen LogP contribution in [0.1, 0.15) is 17.7 Å². The fourth-order valence-corrected chi connectivity index (χ4v) is 4.75. The van der Waals surface area contributed by atoms with Gasteiger partial charge in [-0.1, -0.05) is 11.3 Å². The Bertz CT molecular complexity index is 760. The van der Waals surface area contributed by atoms with Gasteiger partial charge in [-0.3, -0.25) is 4.68 Å². The largest absolute Gasteiger partial charge is 0.366 e. The first kappa shape index (κ1) is 11.9. The van der Waals surface area contributed by atoms with Gasteiger partial charge in [0.15, 0.2) is 5.13 Å². The van der Waals surface area contributed by atoms with Gasteiger partial charge >= 0.3 is 0 Å². The quantitative estimate of drug-likeness (QED) is 0.809. The smallest absolute Gasteiger partial charge is 0.190 e. The molecule has 0 fully saturated rings. The highest BCUT2D eigenvalue weighted by Crippen LogP contribution is 2.42. The molecule has 108 valence electrons. The van der Waals surface area contributed by atoms with Gasteiger partial charge in [0.25, 0.3) is 0 Å². The predicted molar refractivity (Wildman–Crippen MR) is 81.5 cm³/mol. The van der Waals surface area contributed by atoms with E-state index in [0.717, 1.165) is 37.5 Å². The summed E-state index contributed by atoms with van der Waals surface area (Å²) in [6.45, 7) is 1.64. The molecule has 2 aromatic heterocycles. The lowest BCUT2D eigenvalue weighted by Gasteiger charge is -2.24. The molecule has 0 radical (unpaired) electrons. The van der Waals surface area contributed by atoms with Gasteiger partial charge in [0, 0.05) is 12.7 Å². The second kappa shape index (κ2) is 4.18. The topological polar surface area (TPSA) is 43.2 Å². The van der Waals surface area contributed by atoms with Gasteiger partial charge in [0.05, 0.1) is 41.7 Å². The van der Waals surface area contributed by atoms with E-state index in [0.29, 0.717) is 0 Å². The molecule has 5 rings (SSSR count). The number of anilines is 1. The van der Waals surface area contributed by atoms with Crippen LogP contribution in [0.4, 0.5) is 5.13 Å². The van der Waals surface area contributed by atoms with Crippen LogP contribution in [-0.4, -0.2) is 34.0 Å². The van der Waals surface area contributed by atoms with Crippen LogP contribution in [0.15, 0.2) is 18.0 Å². The molecule has 0 spiro atoms. The van der Waals surface area contributed by atoms with Crippen molar-refractivity contribution < 1.29 is 4.74 Å². The molecule has 0 aromatic carbocycles. The lowest BCUT2D eigenvalue weighted by atomic mass is 10.1. The van der Waals surface area contributed by atoms with E-state index in [2.05, 4.69) is 16.1 Å². The Morgan fingerprint density at radius 1 is 1.38 bits per heavy atom. The summed E-state index contributed by atoms with van der Waals surface area (Å²) in [7, 11) is 2.03. The summed E-state index contributed by atoms with van der Waals surface area (Å²) in [6, 6.07) is 0. The molecule has 0 saturated heterocycles. The summed E-state index contributed by atoms with van der Waals surface area (Å²) in [6.07, 6.45) is 7.82. The lowest BCUT2D eigenvalue weighted by Crippen LogP contribution is -2.31. The monoisotopic (exact) mass is 300 g/mol. The number of hydrogen-bond donors (Lipinski definition) is 0. The molecule has 2 bridgehead atoms. The van der Waals surface area contributed by atoms with Gasteiger partial charge in [0.1, 0.15) is 0 Å². The van der Waals surface area contributed by atoms with Crippen LogP contribution in [0.5, 0.6) is 0 Å². The first-order valence-corrected chi connectivity index (χ1v) is 8.22. The molecule has 4 heterocycles. The van der Waals surface area contributed by atoms with E-state index in [-0.39, 0.29) is 6.10 Å². The zero-order valence-corrected chi connectivity index (χ0v) is 12.7. The number of rotatable bonds is 1. The molecule has 21 heavy (non-hydrogen) atoms. The Hall–Kier alpha value is -1.66. The van der Waals surface area contributed by atoms with Crippen LogP contribution in [0.2, 0.25) is 0 Å². The number of hydrogen-bond acceptors (Lipinski definition) is 5. The molecule has 1 aliphatic carbocycles. The molecule has 1 atom stereocenters. The van der Waals surface area contributed by atoms with Crippen LogP contribution in [-0.2, 0) is 24.6 Å². The zero-order chi connectivity index (χ0) is 14.0. The van der Waals surface area contributed by atoms with E-state index in [1.54, 1.807) is 11.3 Å². The highest BCUT2D eigenvalue weighted by atomic mass is 32.1. The molecule has 3 aliphatic rings. The van der Waals surface area contributed by atoms with Crippen LogP contribution < -0.4 is 4.90 Å². The molecule has 5 nitrogen and oxygen atoms in total. The van der Waals surface area contributed by atoms with E-state index in [4.69, 9.17) is 9.72 Å². The minimum absolute atomic E-state index is 0.260. The van der Waals surface area contributed by atoms with E-state index in [9.17, 15) is 0 Å². The van der Waals surface area contributed by atoms with Crippen molar-refractivity contribution in [1.82, 2.24) is 14.8 Å². The van der Waals surface area contributed by atoms with Crippen LogP contribution in [0.3, 0.4) is 0 Å². The van der Waals surface area contributed by atoms with Gasteiger partial charge in [-0.2, -0.15) is 5.10 Å². The number of fused-ring (bicyclic) bond motifs is 4. The predicted octanol–water partition coefficient (Wildman–Crippen LogP) is 2.13. The van der Waals surface area contributed by atoms with Gasteiger partial charge < -0.3 is 9.64 Å². The normalized spacial score (nSPS) is 23.0. The number of nitrogens with zero attached hydrogens (tertiary/aromatic N) is 4. The molecule has 6 heteroatoms. The van der Waals surface area contributed by atoms with Gasteiger partial charge in [-0.25, -0.2) is 4.98 Å². The van der Waals surface area contributed by atoms with Crippen molar-refractivity contribution in [1.29, 1.82) is 0 Å². The van der Waals surface area contributed by atoms with Gasteiger partial charge in [-0.05, 0) is 30.9 Å². The number of aromatic nitrogens is 3. The average Bonchev–Trinajstić information content (AvgIpc) is 3.22. The molecule has 0 amide bonds. The Morgan fingerprint density at radius 2 is 2.33 bits per heavy atom. The molecule has 0 saturated carbocycles. The number of aryl methyl sites for hydroxylation is 3. The average molecular weight is 300 g/mol. The molecule has 2 aromatic rings. The maximum absolute atomic E-state index is 5.62. The number of thiazole rings is 1. The number of ether oxygens (including phenoxy) is 1. The fraction of sp³-hybridized carbons (Fsp3) is 0.467. The Labute approximate surface area is 126 Å². The van der Waals surface area contributed by atoms with Crippen molar-refractivity contribution in [3.63, 3.8) is 0 Å². The van der Waals surface area contributed by atoms with Crippen molar-refractivity contribution in [2.45, 2.75) is 25.4 Å². The second-order valence-electron chi connectivity index (χ2n) is 5.89. The molecular formula is C15H16N4OS. The lowest BCUT2D eigenvalue weighted by molar-refractivity contribution is 0.116. The van der Waals surface area contributed by atoms with Crippen LogP contribution in [0, 0.1) is 0 Å². The van der Waals surface area contributed by atoms with Crippen molar-refractivity contribution in [2.75, 3.05) is 18.1 Å². The standard InChI is InChI=1S/C15H16N4OS/c1-18-13-9(6-16-18)3-2-4-12-14(13)21-15(17-12)19-7-11-5-10(19)8-20-11/h5-6,11H,2-4,7-8H2,1H3/t11-/m0/s1. The third-order valence-electron chi connectivity index (χ3n) is 4.54. The maximum atomic E-state index is 5.62. The van der Waals surface area contributed by atoms with Gasteiger partial charge in [-0.15, -0.1) is 0 Å². The number of morpholine rings is 1. The zero-order valence-electron chi connectivity index (χ0n) is 11.9. The minimum atomic E-state index is 0.260. The summed E-state index contributed by atoms with van der Waals surface area (Å²) in [5.41, 5.74) is 5.13. The van der Waals surface area contributed by atoms with E-state index < -0.39 is 0 Å². The maximum Gasteiger partial charge on any atom is 0.190 e. The molecule has 0 unspecified atom stereocenters. The first-order chi connectivity index (χ1) is 10.3. The third kappa shape index (κ3) is 1.66. The van der Waals surface area contributed by atoms with E-state index >= 15 is 0 Å². The molecular weight excluding hydrogens is 284 g/mol. The SMILES string of the molecule is Cn1ncc2c1-c1sc(N3C[C@@H]4C=C3CO4)nc1CCC2.